The molecular formula is C23H41N5O. The summed E-state index contributed by atoms with van der Waals surface area (Å²) in [6, 6.07) is 6.36. The molecule has 2 N–H and O–H groups in total. The molecule has 1 aliphatic rings. The van der Waals surface area contributed by atoms with Gasteiger partial charge in [-0.15, -0.1) is 0 Å². The molecule has 1 heterocycles. The second kappa shape index (κ2) is 12.0. The molecule has 1 aromatic rings. The quantitative estimate of drug-likeness (QED) is 0.490. The standard InChI is InChI=1S/C23H41N5O/c1-7-27-10-12-28(13-11-27)17-20(5)15-25-23(24-6)26-16-21-9-8-19(4)14-22(21)29-18(2)3/h8-9,14,18,20H,7,10-13,15-17H2,1-6H3,(H2,24,25,26). The van der Waals surface area contributed by atoms with E-state index in [4.69, 9.17) is 4.74 Å². The lowest BCUT2D eigenvalue weighted by Crippen LogP contribution is -2.48. The normalized spacial score (nSPS) is 17.4. The first kappa shape index (κ1) is 23.5. The SMILES string of the molecule is CCN1CCN(CC(C)CNC(=NC)NCc2ccc(C)cc2OC(C)C)CC1. The van der Waals surface area contributed by atoms with Crippen molar-refractivity contribution in [3.63, 3.8) is 0 Å². The Bertz CT molecular complexity index is 638. The minimum Gasteiger partial charge on any atom is -0.491 e. The first-order chi connectivity index (χ1) is 13.9. The van der Waals surface area contributed by atoms with Crippen LogP contribution in [0.2, 0.25) is 0 Å². The molecule has 1 fully saturated rings. The smallest absolute Gasteiger partial charge is 0.191 e. The Kier molecular flexibility index (Phi) is 9.74. The van der Waals surface area contributed by atoms with E-state index in [1.54, 1.807) is 0 Å². The van der Waals surface area contributed by atoms with Crippen molar-refractivity contribution in [3.05, 3.63) is 29.3 Å². The Morgan fingerprint density at radius 3 is 2.41 bits per heavy atom. The number of nitrogens with one attached hydrogen (secondary N) is 2. The molecule has 0 aliphatic carbocycles. The van der Waals surface area contributed by atoms with Gasteiger partial charge >= 0.3 is 0 Å². The fraction of sp³-hybridized carbons (Fsp3) is 0.696. The molecule has 6 nitrogen and oxygen atoms in total. The lowest BCUT2D eigenvalue weighted by molar-refractivity contribution is 0.124. The number of benzene rings is 1. The second-order valence-electron chi connectivity index (χ2n) is 8.42. The summed E-state index contributed by atoms with van der Waals surface area (Å²) in [5.74, 6) is 2.35. The van der Waals surface area contributed by atoms with Crippen molar-refractivity contribution in [2.24, 2.45) is 10.9 Å². The van der Waals surface area contributed by atoms with Crippen molar-refractivity contribution >= 4 is 5.96 Å². The maximum atomic E-state index is 5.98. The number of ether oxygens (including phenoxy) is 1. The number of guanidine groups is 1. The maximum Gasteiger partial charge on any atom is 0.191 e. The number of piperazine rings is 1. The van der Waals surface area contributed by atoms with Crippen LogP contribution in [0, 0.1) is 12.8 Å². The number of hydrogen-bond donors (Lipinski definition) is 2. The Morgan fingerprint density at radius 1 is 1.10 bits per heavy atom. The Morgan fingerprint density at radius 2 is 1.79 bits per heavy atom. The molecule has 1 atom stereocenters. The Hall–Kier alpha value is -1.79. The van der Waals surface area contributed by atoms with Gasteiger partial charge in [0.15, 0.2) is 5.96 Å². The molecule has 0 amide bonds. The summed E-state index contributed by atoms with van der Waals surface area (Å²) >= 11 is 0. The van der Waals surface area contributed by atoms with Crippen LogP contribution in [0.5, 0.6) is 5.75 Å². The van der Waals surface area contributed by atoms with Crippen molar-refractivity contribution in [2.45, 2.75) is 47.3 Å². The van der Waals surface area contributed by atoms with Crippen LogP contribution in [0.3, 0.4) is 0 Å². The molecule has 0 aromatic heterocycles. The van der Waals surface area contributed by atoms with E-state index in [1.165, 1.54) is 31.7 Å². The van der Waals surface area contributed by atoms with Crippen molar-refractivity contribution in [2.75, 3.05) is 52.9 Å². The second-order valence-corrected chi connectivity index (χ2v) is 8.42. The van der Waals surface area contributed by atoms with E-state index in [0.29, 0.717) is 12.5 Å². The average Bonchev–Trinajstić information content (AvgIpc) is 2.69. The highest BCUT2D eigenvalue weighted by atomic mass is 16.5. The number of rotatable bonds is 9. The van der Waals surface area contributed by atoms with E-state index in [9.17, 15) is 0 Å². The Labute approximate surface area is 177 Å². The van der Waals surface area contributed by atoms with Gasteiger partial charge in [-0.25, -0.2) is 0 Å². The van der Waals surface area contributed by atoms with Gasteiger partial charge in [0.2, 0.25) is 0 Å². The third-order valence-corrected chi connectivity index (χ3v) is 5.36. The molecule has 0 spiro atoms. The fourth-order valence-corrected chi connectivity index (χ4v) is 3.64. The van der Waals surface area contributed by atoms with Crippen molar-refractivity contribution in [1.29, 1.82) is 0 Å². The molecule has 0 saturated carbocycles. The molecule has 0 bridgehead atoms. The van der Waals surface area contributed by atoms with Crippen LogP contribution in [0.25, 0.3) is 0 Å². The molecule has 1 aromatic carbocycles. The van der Waals surface area contributed by atoms with E-state index in [-0.39, 0.29) is 6.10 Å². The molecule has 1 saturated heterocycles. The Balaban J connectivity index is 1.78. The van der Waals surface area contributed by atoms with Gasteiger partial charge in [0.1, 0.15) is 5.75 Å². The van der Waals surface area contributed by atoms with Crippen LogP contribution in [0.1, 0.15) is 38.8 Å². The molecule has 29 heavy (non-hydrogen) atoms. The zero-order valence-electron chi connectivity index (χ0n) is 19.3. The monoisotopic (exact) mass is 403 g/mol. The fourth-order valence-electron chi connectivity index (χ4n) is 3.64. The molecule has 6 heteroatoms. The number of likely N-dealkylation sites (N-methyl/N-ethyl adjacent to an activating group) is 1. The predicted octanol–water partition coefficient (Wildman–Crippen LogP) is 2.72. The zero-order valence-corrected chi connectivity index (χ0v) is 19.3. The summed E-state index contributed by atoms with van der Waals surface area (Å²) < 4.78 is 5.98. The lowest BCUT2D eigenvalue weighted by Gasteiger charge is -2.35. The van der Waals surface area contributed by atoms with Crippen LogP contribution in [0.15, 0.2) is 23.2 Å². The highest BCUT2D eigenvalue weighted by Gasteiger charge is 2.17. The number of nitrogens with zero attached hydrogens (tertiary/aromatic N) is 3. The average molecular weight is 404 g/mol. The molecule has 1 aliphatic heterocycles. The van der Waals surface area contributed by atoms with Gasteiger partial charge in [-0.05, 0) is 44.9 Å². The van der Waals surface area contributed by atoms with E-state index < -0.39 is 0 Å². The number of aliphatic imine (C=N–C) groups is 1. The molecule has 0 radical (unpaired) electrons. The minimum atomic E-state index is 0.160. The lowest BCUT2D eigenvalue weighted by atomic mass is 10.1. The van der Waals surface area contributed by atoms with E-state index in [2.05, 4.69) is 78.2 Å². The first-order valence-electron chi connectivity index (χ1n) is 11.1. The third-order valence-electron chi connectivity index (χ3n) is 5.36. The van der Waals surface area contributed by atoms with E-state index >= 15 is 0 Å². The van der Waals surface area contributed by atoms with Crippen LogP contribution < -0.4 is 15.4 Å². The summed E-state index contributed by atoms with van der Waals surface area (Å²) in [7, 11) is 1.82. The van der Waals surface area contributed by atoms with Gasteiger partial charge in [-0.3, -0.25) is 4.99 Å². The van der Waals surface area contributed by atoms with Gasteiger partial charge in [0, 0.05) is 58.4 Å². The topological polar surface area (TPSA) is 52.1 Å². The van der Waals surface area contributed by atoms with Crippen LogP contribution in [0.4, 0.5) is 0 Å². The number of aryl methyl sites for hydroxylation is 1. The summed E-state index contributed by atoms with van der Waals surface area (Å²) in [5.41, 5.74) is 2.36. The summed E-state index contributed by atoms with van der Waals surface area (Å²) in [6.45, 7) is 19.4. The maximum absolute atomic E-state index is 5.98. The first-order valence-corrected chi connectivity index (χ1v) is 11.1. The van der Waals surface area contributed by atoms with Gasteiger partial charge in [0.25, 0.3) is 0 Å². The van der Waals surface area contributed by atoms with Crippen LogP contribution >= 0.6 is 0 Å². The van der Waals surface area contributed by atoms with Crippen molar-refractivity contribution in [3.8, 4) is 5.75 Å². The highest BCUT2D eigenvalue weighted by Crippen LogP contribution is 2.21. The van der Waals surface area contributed by atoms with Crippen LogP contribution in [-0.4, -0.2) is 74.7 Å². The molecule has 2 rings (SSSR count). The summed E-state index contributed by atoms with van der Waals surface area (Å²) in [6.07, 6.45) is 0.160. The van der Waals surface area contributed by atoms with E-state index in [1.807, 2.05) is 7.05 Å². The summed E-state index contributed by atoms with van der Waals surface area (Å²) in [4.78, 5) is 9.49. The highest BCUT2D eigenvalue weighted by molar-refractivity contribution is 5.79. The van der Waals surface area contributed by atoms with Crippen molar-refractivity contribution in [1.82, 2.24) is 20.4 Å². The van der Waals surface area contributed by atoms with Crippen LogP contribution in [-0.2, 0) is 6.54 Å². The zero-order chi connectivity index (χ0) is 21.2. The van der Waals surface area contributed by atoms with E-state index in [0.717, 1.165) is 36.9 Å². The predicted molar refractivity (Wildman–Crippen MR) is 123 cm³/mol. The molecule has 1 unspecified atom stereocenters. The minimum absolute atomic E-state index is 0.160. The van der Waals surface area contributed by atoms with Gasteiger partial charge in [0.05, 0.1) is 6.10 Å². The third kappa shape index (κ3) is 8.23. The van der Waals surface area contributed by atoms with Gasteiger partial charge in [-0.1, -0.05) is 26.0 Å². The number of hydrogen-bond acceptors (Lipinski definition) is 4. The summed E-state index contributed by atoms with van der Waals surface area (Å²) in [5, 5.41) is 6.91. The molecule has 164 valence electrons. The van der Waals surface area contributed by atoms with Gasteiger partial charge < -0.3 is 25.2 Å². The molecular weight excluding hydrogens is 362 g/mol. The van der Waals surface area contributed by atoms with Crippen molar-refractivity contribution < 1.29 is 4.74 Å². The van der Waals surface area contributed by atoms with Gasteiger partial charge in [-0.2, -0.15) is 0 Å². The largest absolute Gasteiger partial charge is 0.491 e.